The second-order valence-corrected chi connectivity index (χ2v) is 7.78. The molecule has 29 heavy (non-hydrogen) atoms. The Morgan fingerprint density at radius 1 is 1.14 bits per heavy atom. The van der Waals surface area contributed by atoms with E-state index in [0.29, 0.717) is 6.04 Å². The molecule has 3 heterocycles. The topological polar surface area (TPSA) is 54.0 Å². The number of hydrogen-bond donors (Lipinski definition) is 0. The summed E-state index contributed by atoms with van der Waals surface area (Å²) in [7, 11) is 3.88. The Morgan fingerprint density at radius 3 is 2.69 bits per heavy atom. The van der Waals surface area contributed by atoms with Crippen LogP contribution in [0.25, 0.3) is 0 Å². The zero-order chi connectivity index (χ0) is 20.1. The lowest BCUT2D eigenvalue weighted by Crippen LogP contribution is -2.43. The highest BCUT2D eigenvalue weighted by Crippen LogP contribution is 2.23. The molecule has 1 aromatic carbocycles. The predicted molar refractivity (Wildman–Crippen MR) is 115 cm³/mol. The standard InChI is InChI=1S/C22H31N5O2/c1-25(21-6-9-23-22(24-21)27-12-14-29-15-13-27)19-7-10-26(11-8-19)17-18-4-3-5-20(16-18)28-2/h3-6,9,16,19H,7-8,10-15,17H2,1-2H3. The van der Waals surface area contributed by atoms with Crippen LogP contribution >= 0.6 is 0 Å². The van der Waals surface area contributed by atoms with Crippen LogP contribution in [0.2, 0.25) is 0 Å². The quantitative estimate of drug-likeness (QED) is 0.742. The summed E-state index contributed by atoms with van der Waals surface area (Å²) in [5.74, 6) is 2.75. The van der Waals surface area contributed by atoms with Gasteiger partial charge in [-0.3, -0.25) is 4.90 Å². The molecule has 0 amide bonds. The molecule has 2 saturated heterocycles. The van der Waals surface area contributed by atoms with Crippen molar-refractivity contribution in [2.45, 2.75) is 25.4 Å². The van der Waals surface area contributed by atoms with Crippen molar-refractivity contribution in [3.05, 3.63) is 42.1 Å². The second-order valence-electron chi connectivity index (χ2n) is 7.78. The van der Waals surface area contributed by atoms with Crippen LogP contribution in [0.5, 0.6) is 5.75 Å². The van der Waals surface area contributed by atoms with E-state index in [4.69, 9.17) is 14.5 Å². The Hall–Kier alpha value is -2.38. The lowest BCUT2D eigenvalue weighted by molar-refractivity contribution is 0.122. The van der Waals surface area contributed by atoms with Crippen LogP contribution in [-0.4, -0.2) is 74.5 Å². The maximum atomic E-state index is 5.44. The summed E-state index contributed by atoms with van der Waals surface area (Å²) in [6.45, 7) is 6.36. The number of methoxy groups -OCH3 is 1. The number of piperidine rings is 1. The zero-order valence-corrected chi connectivity index (χ0v) is 17.5. The van der Waals surface area contributed by atoms with Gasteiger partial charge < -0.3 is 19.3 Å². The number of likely N-dealkylation sites (tertiary alicyclic amines) is 1. The number of benzene rings is 1. The van der Waals surface area contributed by atoms with E-state index in [1.165, 1.54) is 5.56 Å². The van der Waals surface area contributed by atoms with Crippen LogP contribution in [0.3, 0.4) is 0 Å². The minimum absolute atomic E-state index is 0.504. The molecule has 7 heteroatoms. The molecule has 0 atom stereocenters. The molecular formula is C22H31N5O2. The molecule has 2 aliphatic rings. The minimum atomic E-state index is 0.504. The van der Waals surface area contributed by atoms with Crippen LogP contribution in [0.4, 0.5) is 11.8 Å². The summed E-state index contributed by atoms with van der Waals surface area (Å²) in [6.07, 6.45) is 4.15. The van der Waals surface area contributed by atoms with Crippen molar-refractivity contribution < 1.29 is 9.47 Å². The highest BCUT2D eigenvalue weighted by atomic mass is 16.5. The fourth-order valence-electron chi connectivity index (χ4n) is 4.13. The summed E-state index contributed by atoms with van der Waals surface area (Å²) in [5.41, 5.74) is 1.31. The second kappa shape index (κ2) is 9.41. The molecule has 0 saturated carbocycles. The van der Waals surface area contributed by atoms with Gasteiger partial charge >= 0.3 is 0 Å². The van der Waals surface area contributed by atoms with Gasteiger partial charge in [-0.25, -0.2) is 4.98 Å². The monoisotopic (exact) mass is 397 g/mol. The smallest absolute Gasteiger partial charge is 0.227 e. The molecule has 0 N–H and O–H groups in total. The van der Waals surface area contributed by atoms with E-state index in [-0.39, 0.29) is 0 Å². The Labute approximate surface area is 173 Å². The van der Waals surface area contributed by atoms with Crippen molar-refractivity contribution in [1.29, 1.82) is 0 Å². The first-order valence-electron chi connectivity index (χ1n) is 10.5. The van der Waals surface area contributed by atoms with Crippen molar-refractivity contribution in [1.82, 2.24) is 14.9 Å². The summed E-state index contributed by atoms with van der Waals surface area (Å²) in [4.78, 5) is 16.4. The van der Waals surface area contributed by atoms with Crippen LogP contribution in [-0.2, 0) is 11.3 Å². The van der Waals surface area contributed by atoms with E-state index < -0.39 is 0 Å². The van der Waals surface area contributed by atoms with E-state index in [1.54, 1.807) is 7.11 Å². The van der Waals surface area contributed by atoms with Gasteiger partial charge in [-0.2, -0.15) is 4.98 Å². The van der Waals surface area contributed by atoms with Gasteiger partial charge in [0.15, 0.2) is 0 Å². The number of ether oxygens (including phenoxy) is 2. The van der Waals surface area contributed by atoms with Crippen LogP contribution in [0.1, 0.15) is 18.4 Å². The molecule has 0 bridgehead atoms. The van der Waals surface area contributed by atoms with Crippen LogP contribution in [0, 0.1) is 0 Å². The third kappa shape index (κ3) is 4.97. The number of anilines is 2. The predicted octanol–water partition coefficient (Wildman–Crippen LogP) is 2.42. The van der Waals surface area contributed by atoms with Gasteiger partial charge in [0.2, 0.25) is 5.95 Å². The molecule has 2 aliphatic heterocycles. The molecule has 0 radical (unpaired) electrons. The molecule has 0 unspecified atom stereocenters. The summed E-state index contributed by atoms with van der Waals surface area (Å²) in [5, 5.41) is 0. The minimum Gasteiger partial charge on any atom is -0.497 e. The van der Waals surface area contributed by atoms with Crippen molar-refractivity contribution in [2.75, 3.05) is 63.4 Å². The van der Waals surface area contributed by atoms with E-state index >= 15 is 0 Å². The van der Waals surface area contributed by atoms with Gasteiger partial charge in [-0.1, -0.05) is 12.1 Å². The SMILES string of the molecule is COc1cccc(CN2CCC(N(C)c3ccnc(N4CCOCC4)n3)CC2)c1. The van der Waals surface area contributed by atoms with Gasteiger partial charge in [-0.15, -0.1) is 0 Å². The number of morpholine rings is 1. The van der Waals surface area contributed by atoms with E-state index in [0.717, 1.165) is 76.3 Å². The molecule has 4 rings (SSSR count). The number of rotatable bonds is 6. The largest absolute Gasteiger partial charge is 0.497 e. The lowest BCUT2D eigenvalue weighted by atomic mass is 10.0. The summed E-state index contributed by atoms with van der Waals surface area (Å²) < 4.78 is 10.8. The van der Waals surface area contributed by atoms with Gasteiger partial charge in [-0.05, 0) is 36.6 Å². The number of hydrogen-bond acceptors (Lipinski definition) is 7. The maximum Gasteiger partial charge on any atom is 0.227 e. The van der Waals surface area contributed by atoms with Gasteiger partial charge in [0, 0.05) is 52.0 Å². The Balaban J connectivity index is 1.33. The molecule has 1 aromatic heterocycles. The van der Waals surface area contributed by atoms with E-state index in [2.05, 4.69) is 44.9 Å². The van der Waals surface area contributed by atoms with Crippen molar-refractivity contribution in [3.8, 4) is 5.75 Å². The Morgan fingerprint density at radius 2 is 1.93 bits per heavy atom. The normalized spacial score (nSPS) is 18.6. The molecule has 7 nitrogen and oxygen atoms in total. The average molecular weight is 398 g/mol. The fourth-order valence-corrected chi connectivity index (χ4v) is 4.13. The number of nitrogens with zero attached hydrogens (tertiary/aromatic N) is 5. The molecule has 0 spiro atoms. The Kier molecular flexibility index (Phi) is 6.46. The maximum absolute atomic E-state index is 5.44. The lowest BCUT2D eigenvalue weighted by Gasteiger charge is -2.37. The zero-order valence-electron chi connectivity index (χ0n) is 17.5. The van der Waals surface area contributed by atoms with Gasteiger partial charge in [0.05, 0.1) is 20.3 Å². The van der Waals surface area contributed by atoms with Crippen LogP contribution < -0.4 is 14.5 Å². The van der Waals surface area contributed by atoms with E-state index in [9.17, 15) is 0 Å². The molecule has 0 aliphatic carbocycles. The van der Waals surface area contributed by atoms with Crippen molar-refractivity contribution in [2.24, 2.45) is 0 Å². The van der Waals surface area contributed by atoms with Gasteiger partial charge in [0.1, 0.15) is 11.6 Å². The molecule has 2 aromatic rings. The Bertz CT molecular complexity index is 788. The van der Waals surface area contributed by atoms with E-state index in [1.807, 2.05) is 18.3 Å². The van der Waals surface area contributed by atoms with Crippen LogP contribution in [0.15, 0.2) is 36.5 Å². The highest BCUT2D eigenvalue weighted by molar-refractivity contribution is 5.44. The third-order valence-electron chi connectivity index (χ3n) is 5.93. The summed E-state index contributed by atoms with van der Waals surface area (Å²) >= 11 is 0. The first kappa shape index (κ1) is 19.9. The first-order valence-corrected chi connectivity index (χ1v) is 10.5. The molecular weight excluding hydrogens is 366 g/mol. The number of aromatic nitrogens is 2. The van der Waals surface area contributed by atoms with Crippen molar-refractivity contribution >= 4 is 11.8 Å². The first-order chi connectivity index (χ1) is 14.2. The third-order valence-corrected chi connectivity index (χ3v) is 5.93. The van der Waals surface area contributed by atoms with Crippen molar-refractivity contribution in [3.63, 3.8) is 0 Å². The molecule has 156 valence electrons. The summed E-state index contributed by atoms with van der Waals surface area (Å²) in [6, 6.07) is 10.9. The fraction of sp³-hybridized carbons (Fsp3) is 0.545. The van der Waals surface area contributed by atoms with Gasteiger partial charge in [0.25, 0.3) is 0 Å². The molecule has 2 fully saturated rings. The average Bonchev–Trinajstić information content (AvgIpc) is 2.80. The highest BCUT2D eigenvalue weighted by Gasteiger charge is 2.24.